The van der Waals surface area contributed by atoms with Crippen LogP contribution in [0.2, 0.25) is 0 Å². The van der Waals surface area contributed by atoms with Gasteiger partial charge in [-0.25, -0.2) is 9.97 Å². The minimum Gasteiger partial charge on any atom is -0.240 e. The van der Waals surface area contributed by atoms with Crippen molar-refractivity contribution < 1.29 is 0 Å². The van der Waals surface area contributed by atoms with Crippen LogP contribution in [0.3, 0.4) is 0 Å². The third-order valence-corrected chi connectivity index (χ3v) is 3.07. The summed E-state index contributed by atoms with van der Waals surface area (Å²) in [7, 11) is 0. The van der Waals surface area contributed by atoms with Gasteiger partial charge in [-0.2, -0.15) is 5.26 Å². The Hall–Kier alpha value is -1.43. The van der Waals surface area contributed by atoms with E-state index in [0.29, 0.717) is 0 Å². The molecule has 2 rings (SSSR count). The quantitative estimate of drug-likeness (QED) is 0.754. The van der Waals surface area contributed by atoms with Crippen LogP contribution < -0.4 is 0 Å². The summed E-state index contributed by atoms with van der Waals surface area (Å²) in [6.45, 7) is 2.13. The number of hydrogen-bond donors (Lipinski definition) is 0. The molecular formula is C12H15N3. The highest BCUT2D eigenvalue weighted by atomic mass is 14.9. The Bertz CT molecular complexity index is 388. The lowest BCUT2D eigenvalue weighted by molar-refractivity contribution is 0.306. The van der Waals surface area contributed by atoms with Crippen molar-refractivity contribution in [2.45, 2.75) is 44.4 Å². The standard InChI is InChI=1S/C12H15N3/c1-2-4-10-5-8-14-11(15-10)12(9-13)6-3-7-12/h5,8H,2-4,6-7H2,1H3. The van der Waals surface area contributed by atoms with Gasteiger partial charge in [-0.1, -0.05) is 13.3 Å². The van der Waals surface area contributed by atoms with E-state index in [1.54, 1.807) is 6.20 Å². The zero-order valence-corrected chi connectivity index (χ0v) is 9.03. The summed E-state index contributed by atoms with van der Waals surface area (Å²) in [5.74, 6) is 0.738. The smallest absolute Gasteiger partial charge is 0.148 e. The SMILES string of the molecule is CCCc1ccnc(C2(C#N)CCC2)n1. The summed E-state index contributed by atoms with van der Waals surface area (Å²) in [6.07, 6.45) is 6.78. The van der Waals surface area contributed by atoms with Gasteiger partial charge in [0.15, 0.2) is 0 Å². The maximum atomic E-state index is 9.18. The molecular weight excluding hydrogens is 186 g/mol. The maximum absolute atomic E-state index is 9.18. The molecule has 3 nitrogen and oxygen atoms in total. The molecule has 0 aromatic carbocycles. The fourth-order valence-electron chi connectivity index (χ4n) is 1.94. The van der Waals surface area contributed by atoms with E-state index in [-0.39, 0.29) is 5.41 Å². The molecule has 0 radical (unpaired) electrons. The Morgan fingerprint density at radius 1 is 1.53 bits per heavy atom. The van der Waals surface area contributed by atoms with E-state index in [1.165, 1.54) is 0 Å². The van der Waals surface area contributed by atoms with Crippen molar-refractivity contribution >= 4 is 0 Å². The molecule has 0 atom stereocenters. The lowest BCUT2D eigenvalue weighted by atomic mass is 9.69. The van der Waals surface area contributed by atoms with E-state index in [4.69, 9.17) is 0 Å². The molecule has 1 saturated carbocycles. The first-order valence-electron chi connectivity index (χ1n) is 5.54. The predicted octanol–water partition coefficient (Wildman–Crippen LogP) is 2.37. The summed E-state index contributed by atoms with van der Waals surface area (Å²) < 4.78 is 0. The molecule has 0 N–H and O–H groups in total. The van der Waals surface area contributed by atoms with Crippen molar-refractivity contribution in [3.8, 4) is 6.07 Å². The second-order valence-corrected chi connectivity index (χ2v) is 4.17. The number of hydrogen-bond acceptors (Lipinski definition) is 3. The monoisotopic (exact) mass is 201 g/mol. The van der Waals surface area contributed by atoms with Crippen LogP contribution in [-0.2, 0) is 11.8 Å². The van der Waals surface area contributed by atoms with E-state index in [9.17, 15) is 5.26 Å². The van der Waals surface area contributed by atoms with Crippen LogP contribution in [0.15, 0.2) is 12.3 Å². The first-order chi connectivity index (χ1) is 7.30. The zero-order valence-electron chi connectivity index (χ0n) is 9.03. The highest BCUT2D eigenvalue weighted by molar-refractivity contribution is 5.25. The zero-order chi connectivity index (χ0) is 10.7. The predicted molar refractivity (Wildman–Crippen MR) is 57.2 cm³/mol. The van der Waals surface area contributed by atoms with Crippen LogP contribution in [0.1, 0.15) is 44.1 Å². The lowest BCUT2D eigenvalue weighted by Crippen LogP contribution is -2.34. The third-order valence-electron chi connectivity index (χ3n) is 3.07. The van der Waals surface area contributed by atoms with E-state index in [1.807, 2.05) is 6.07 Å². The molecule has 1 aliphatic rings. The van der Waals surface area contributed by atoms with Gasteiger partial charge < -0.3 is 0 Å². The topological polar surface area (TPSA) is 49.6 Å². The summed E-state index contributed by atoms with van der Waals surface area (Å²) in [4.78, 5) is 8.75. The van der Waals surface area contributed by atoms with Gasteiger partial charge in [0.1, 0.15) is 11.2 Å². The van der Waals surface area contributed by atoms with Crippen LogP contribution in [0, 0.1) is 11.3 Å². The maximum Gasteiger partial charge on any atom is 0.148 e. The molecule has 0 amide bonds. The highest BCUT2D eigenvalue weighted by Crippen LogP contribution is 2.41. The van der Waals surface area contributed by atoms with E-state index in [0.717, 1.165) is 43.6 Å². The van der Waals surface area contributed by atoms with Gasteiger partial charge in [0.2, 0.25) is 0 Å². The van der Waals surface area contributed by atoms with Crippen molar-refractivity contribution in [2.24, 2.45) is 0 Å². The molecule has 15 heavy (non-hydrogen) atoms. The van der Waals surface area contributed by atoms with E-state index >= 15 is 0 Å². The number of aryl methyl sites for hydroxylation is 1. The van der Waals surface area contributed by atoms with Crippen molar-refractivity contribution in [1.29, 1.82) is 5.26 Å². The summed E-state index contributed by atoms with van der Waals surface area (Å²) in [5.41, 5.74) is 0.688. The Morgan fingerprint density at radius 2 is 2.33 bits per heavy atom. The Labute approximate surface area is 90.2 Å². The summed E-state index contributed by atoms with van der Waals surface area (Å²) in [6, 6.07) is 4.32. The van der Waals surface area contributed by atoms with Gasteiger partial charge in [-0.3, -0.25) is 0 Å². The number of nitriles is 1. The molecule has 1 aromatic rings. The summed E-state index contributed by atoms with van der Waals surface area (Å²) >= 11 is 0. The molecule has 0 saturated heterocycles. The highest BCUT2D eigenvalue weighted by Gasteiger charge is 2.41. The van der Waals surface area contributed by atoms with Crippen LogP contribution in [0.25, 0.3) is 0 Å². The Kier molecular flexibility index (Phi) is 2.68. The van der Waals surface area contributed by atoms with Crippen molar-refractivity contribution in [3.05, 3.63) is 23.8 Å². The normalized spacial score (nSPS) is 17.9. The molecule has 0 spiro atoms. The molecule has 1 aromatic heterocycles. The molecule has 0 unspecified atom stereocenters. The molecule has 1 fully saturated rings. The number of nitrogens with zero attached hydrogens (tertiary/aromatic N) is 3. The van der Waals surface area contributed by atoms with Gasteiger partial charge in [-0.05, 0) is 31.7 Å². The molecule has 1 heterocycles. The van der Waals surface area contributed by atoms with Gasteiger partial charge in [0.25, 0.3) is 0 Å². The molecule has 0 bridgehead atoms. The van der Waals surface area contributed by atoms with Gasteiger partial charge in [0, 0.05) is 11.9 Å². The molecule has 3 heteroatoms. The van der Waals surface area contributed by atoms with Crippen LogP contribution in [0.5, 0.6) is 0 Å². The Morgan fingerprint density at radius 3 is 2.87 bits per heavy atom. The van der Waals surface area contributed by atoms with Crippen molar-refractivity contribution in [3.63, 3.8) is 0 Å². The van der Waals surface area contributed by atoms with Crippen molar-refractivity contribution in [1.82, 2.24) is 9.97 Å². The van der Waals surface area contributed by atoms with Crippen LogP contribution >= 0.6 is 0 Å². The summed E-state index contributed by atoms with van der Waals surface area (Å²) in [5, 5.41) is 9.18. The molecule has 1 aliphatic carbocycles. The Balaban J connectivity index is 2.28. The second-order valence-electron chi connectivity index (χ2n) is 4.17. The van der Waals surface area contributed by atoms with E-state index < -0.39 is 0 Å². The number of aromatic nitrogens is 2. The fourth-order valence-corrected chi connectivity index (χ4v) is 1.94. The largest absolute Gasteiger partial charge is 0.240 e. The number of rotatable bonds is 3. The van der Waals surface area contributed by atoms with Crippen molar-refractivity contribution in [2.75, 3.05) is 0 Å². The van der Waals surface area contributed by atoms with Gasteiger partial charge in [0.05, 0.1) is 6.07 Å². The van der Waals surface area contributed by atoms with Crippen LogP contribution in [-0.4, -0.2) is 9.97 Å². The third kappa shape index (κ3) is 1.72. The molecule has 0 aliphatic heterocycles. The lowest BCUT2D eigenvalue weighted by Gasteiger charge is -2.33. The fraction of sp³-hybridized carbons (Fsp3) is 0.583. The first kappa shape index (κ1) is 10.1. The van der Waals surface area contributed by atoms with Crippen LogP contribution in [0.4, 0.5) is 0 Å². The second kappa shape index (κ2) is 3.98. The van der Waals surface area contributed by atoms with Gasteiger partial charge >= 0.3 is 0 Å². The van der Waals surface area contributed by atoms with Gasteiger partial charge in [-0.15, -0.1) is 0 Å². The first-order valence-corrected chi connectivity index (χ1v) is 5.54. The average molecular weight is 201 g/mol. The van der Waals surface area contributed by atoms with E-state index in [2.05, 4.69) is 23.0 Å². The minimum absolute atomic E-state index is 0.371. The minimum atomic E-state index is -0.371. The average Bonchev–Trinajstić information content (AvgIpc) is 2.18. The molecule has 78 valence electrons.